The van der Waals surface area contributed by atoms with Gasteiger partial charge in [-0.2, -0.15) is 0 Å². The highest BCUT2D eigenvalue weighted by Gasteiger charge is 2.21. The second-order valence-corrected chi connectivity index (χ2v) is 7.15. The molecular weight excluding hydrogens is 318 g/mol. The predicted molar refractivity (Wildman–Crippen MR) is 87.0 cm³/mol. The summed E-state index contributed by atoms with van der Waals surface area (Å²) >= 11 is 0. The van der Waals surface area contributed by atoms with E-state index in [0.29, 0.717) is 18.7 Å². The summed E-state index contributed by atoms with van der Waals surface area (Å²) in [5.41, 5.74) is 0.659. The molecule has 1 aromatic rings. The van der Waals surface area contributed by atoms with Crippen molar-refractivity contribution in [1.82, 2.24) is 14.9 Å². The zero-order valence-corrected chi connectivity index (χ0v) is 14.3. The summed E-state index contributed by atoms with van der Waals surface area (Å²) in [4.78, 5) is 14.0. The maximum absolute atomic E-state index is 12.5. The molecule has 1 aliphatic rings. The Morgan fingerprint density at radius 2 is 2.04 bits per heavy atom. The lowest BCUT2D eigenvalue weighted by atomic mass is 10.1. The van der Waals surface area contributed by atoms with Crippen LogP contribution >= 0.6 is 0 Å². The molecule has 1 heterocycles. The molecule has 1 fully saturated rings. The van der Waals surface area contributed by atoms with Crippen LogP contribution in [0.5, 0.6) is 0 Å². The average molecular weight is 341 g/mol. The van der Waals surface area contributed by atoms with Crippen molar-refractivity contribution in [2.75, 3.05) is 46.4 Å². The Labute approximate surface area is 137 Å². The van der Waals surface area contributed by atoms with Crippen molar-refractivity contribution in [3.05, 3.63) is 29.3 Å². The highest BCUT2D eigenvalue weighted by molar-refractivity contribution is 7.89. The quantitative estimate of drug-likeness (QED) is 0.706. The van der Waals surface area contributed by atoms with Crippen molar-refractivity contribution in [3.8, 4) is 0 Å². The second-order valence-electron chi connectivity index (χ2n) is 5.41. The smallest absolute Gasteiger partial charge is 0.338 e. The van der Waals surface area contributed by atoms with Gasteiger partial charge in [-0.05, 0) is 24.6 Å². The fourth-order valence-electron chi connectivity index (χ4n) is 2.59. The van der Waals surface area contributed by atoms with Crippen LogP contribution in [-0.4, -0.2) is 65.7 Å². The zero-order chi connectivity index (χ0) is 16.9. The number of hydrogen-bond acceptors (Lipinski definition) is 6. The molecule has 8 heteroatoms. The third-order valence-corrected chi connectivity index (χ3v) is 5.51. The predicted octanol–water partition coefficient (Wildman–Crippen LogP) is -0.0349. The second kappa shape index (κ2) is 7.87. The van der Waals surface area contributed by atoms with E-state index >= 15 is 0 Å². The van der Waals surface area contributed by atoms with Crippen molar-refractivity contribution in [2.24, 2.45) is 0 Å². The minimum absolute atomic E-state index is 0.112. The highest BCUT2D eigenvalue weighted by atomic mass is 32.2. The Bertz CT molecular complexity index is 655. The van der Waals surface area contributed by atoms with E-state index in [9.17, 15) is 13.2 Å². The van der Waals surface area contributed by atoms with E-state index in [4.69, 9.17) is 0 Å². The van der Waals surface area contributed by atoms with E-state index in [0.717, 1.165) is 26.2 Å². The van der Waals surface area contributed by atoms with E-state index in [1.165, 1.54) is 13.2 Å². The third-order valence-electron chi connectivity index (χ3n) is 3.91. The molecule has 0 radical (unpaired) electrons. The van der Waals surface area contributed by atoms with Gasteiger partial charge in [0.05, 0.1) is 17.6 Å². The zero-order valence-electron chi connectivity index (χ0n) is 13.5. The fraction of sp³-hybridized carbons (Fsp3) is 0.533. The van der Waals surface area contributed by atoms with Crippen LogP contribution in [0.1, 0.15) is 15.9 Å². The molecule has 23 heavy (non-hydrogen) atoms. The van der Waals surface area contributed by atoms with Crippen molar-refractivity contribution < 1.29 is 17.9 Å². The Balaban J connectivity index is 2.05. The summed E-state index contributed by atoms with van der Waals surface area (Å²) < 4.78 is 32.2. The van der Waals surface area contributed by atoms with Crippen molar-refractivity contribution in [1.29, 1.82) is 0 Å². The molecule has 0 unspecified atom stereocenters. The van der Waals surface area contributed by atoms with Crippen LogP contribution in [0.3, 0.4) is 0 Å². The maximum atomic E-state index is 12.5. The molecular formula is C15H23N3O4S. The molecule has 0 saturated carbocycles. The van der Waals surface area contributed by atoms with Crippen LogP contribution in [0.4, 0.5) is 0 Å². The third kappa shape index (κ3) is 4.51. The first-order chi connectivity index (χ1) is 11.0. The van der Waals surface area contributed by atoms with E-state index < -0.39 is 16.0 Å². The lowest BCUT2D eigenvalue weighted by Crippen LogP contribution is -2.46. The standard InChI is InChI=1S/C15H23N3O4S/c1-12-13(15(19)22-2)4-3-5-14(12)23(20,21)17-8-11-18-9-6-16-7-10-18/h3-5,16-17H,6-11H2,1-2H3. The van der Waals surface area contributed by atoms with E-state index in [1.54, 1.807) is 19.1 Å². The molecule has 0 atom stereocenters. The van der Waals surface area contributed by atoms with E-state index in [2.05, 4.69) is 19.7 Å². The number of ether oxygens (including phenoxy) is 1. The van der Waals surface area contributed by atoms with Gasteiger partial charge in [0.25, 0.3) is 0 Å². The highest BCUT2D eigenvalue weighted by Crippen LogP contribution is 2.19. The van der Waals surface area contributed by atoms with Gasteiger partial charge >= 0.3 is 5.97 Å². The molecule has 1 aliphatic heterocycles. The van der Waals surface area contributed by atoms with Crippen LogP contribution < -0.4 is 10.0 Å². The van der Waals surface area contributed by atoms with Crippen LogP contribution in [0.2, 0.25) is 0 Å². The molecule has 1 saturated heterocycles. The SMILES string of the molecule is COC(=O)c1cccc(S(=O)(=O)NCCN2CCNCC2)c1C. The molecule has 0 amide bonds. The summed E-state index contributed by atoms with van der Waals surface area (Å²) in [7, 11) is -2.38. The molecule has 7 nitrogen and oxygen atoms in total. The number of methoxy groups -OCH3 is 1. The van der Waals surface area contributed by atoms with Gasteiger partial charge in [-0.1, -0.05) is 6.07 Å². The molecule has 0 aliphatic carbocycles. The Kier molecular flexibility index (Phi) is 6.11. The Morgan fingerprint density at radius 3 is 2.70 bits per heavy atom. The molecule has 0 bridgehead atoms. The molecule has 128 valence electrons. The average Bonchev–Trinajstić information content (AvgIpc) is 2.55. The number of benzene rings is 1. The number of esters is 1. The molecule has 2 N–H and O–H groups in total. The molecule has 0 aromatic heterocycles. The number of nitrogens with one attached hydrogen (secondary N) is 2. The summed E-state index contributed by atoms with van der Waals surface area (Å²) in [5, 5.41) is 3.25. The first kappa shape index (κ1) is 17.9. The number of nitrogens with zero attached hydrogens (tertiary/aromatic N) is 1. The summed E-state index contributed by atoms with van der Waals surface area (Å²) in [6.07, 6.45) is 0. The summed E-state index contributed by atoms with van der Waals surface area (Å²) in [6.45, 7) is 6.29. The van der Waals surface area contributed by atoms with Gasteiger partial charge in [0.15, 0.2) is 0 Å². The lowest BCUT2D eigenvalue weighted by molar-refractivity contribution is 0.0599. The van der Waals surface area contributed by atoms with Gasteiger partial charge in [-0.25, -0.2) is 17.9 Å². The number of carbonyl (C=O) groups is 1. The van der Waals surface area contributed by atoms with Gasteiger partial charge in [0, 0.05) is 39.3 Å². The maximum Gasteiger partial charge on any atom is 0.338 e. The van der Waals surface area contributed by atoms with Crippen LogP contribution in [0, 0.1) is 6.92 Å². The van der Waals surface area contributed by atoms with E-state index in [1.807, 2.05) is 0 Å². The summed E-state index contributed by atoms with van der Waals surface area (Å²) in [6, 6.07) is 4.60. The first-order valence-corrected chi connectivity index (χ1v) is 9.04. The largest absolute Gasteiger partial charge is 0.465 e. The number of sulfonamides is 1. The minimum Gasteiger partial charge on any atom is -0.465 e. The summed E-state index contributed by atoms with van der Waals surface area (Å²) in [5.74, 6) is -0.541. The molecule has 0 spiro atoms. The Morgan fingerprint density at radius 1 is 1.35 bits per heavy atom. The normalized spacial score (nSPS) is 16.3. The first-order valence-electron chi connectivity index (χ1n) is 7.56. The molecule has 2 rings (SSSR count). The topological polar surface area (TPSA) is 87.7 Å². The minimum atomic E-state index is -3.66. The van der Waals surface area contributed by atoms with E-state index in [-0.39, 0.29) is 10.5 Å². The van der Waals surface area contributed by atoms with Crippen molar-refractivity contribution >= 4 is 16.0 Å². The van der Waals surface area contributed by atoms with Gasteiger partial charge in [-0.15, -0.1) is 0 Å². The van der Waals surface area contributed by atoms with Crippen molar-refractivity contribution in [3.63, 3.8) is 0 Å². The number of hydrogen-bond donors (Lipinski definition) is 2. The van der Waals surface area contributed by atoms with Gasteiger partial charge in [0.1, 0.15) is 0 Å². The molecule has 1 aromatic carbocycles. The number of rotatable bonds is 6. The van der Waals surface area contributed by atoms with Gasteiger partial charge in [0.2, 0.25) is 10.0 Å². The van der Waals surface area contributed by atoms with Crippen LogP contribution in [0.15, 0.2) is 23.1 Å². The number of carbonyl (C=O) groups excluding carboxylic acids is 1. The lowest BCUT2D eigenvalue weighted by Gasteiger charge is -2.27. The Hall–Kier alpha value is -1.48. The fourth-order valence-corrected chi connectivity index (χ4v) is 3.87. The monoisotopic (exact) mass is 341 g/mol. The number of piperazine rings is 1. The van der Waals surface area contributed by atoms with Crippen LogP contribution in [0.25, 0.3) is 0 Å². The van der Waals surface area contributed by atoms with Gasteiger partial charge < -0.3 is 10.1 Å². The van der Waals surface area contributed by atoms with Crippen molar-refractivity contribution in [2.45, 2.75) is 11.8 Å². The van der Waals surface area contributed by atoms with Gasteiger partial charge in [-0.3, -0.25) is 4.90 Å². The van der Waals surface area contributed by atoms with Crippen LogP contribution in [-0.2, 0) is 14.8 Å².